The number of amides is 1. The molecule has 2 aromatic carbocycles. The Balaban J connectivity index is 1.26. The second-order valence-electron chi connectivity index (χ2n) is 9.24. The number of nitrogens with two attached hydrogens (primary N) is 1. The number of rotatable bonds is 9. The minimum atomic E-state index is -3.93. The number of nitrogens with zero attached hydrogens (tertiary/aromatic N) is 3. The number of halogens is 1. The SMILES string of the molecule is Cc1ccc(Nc2ncc(F)c(Nc3ccc4oc(C(=O)NCCN5CCOCC5)cc4c3)n2)cc1S(N)(=O)=O. The van der Waals surface area contributed by atoms with Crippen LogP contribution in [0.1, 0.15) is 16.1 Å². The predicted molar refractivity (Wildman–Crippen MR) is 147 cm³/mol. The molecule has 1 fully saturated rings. The number of aromatic nitrogens is 2. The van der Waals surface area contributed by atoms with Crippen molar-refractivity contribution < 1.29 is 26.8 Å². The molecule has 0 bridgehead atoms. The standard InChI is InChI=1S/C26H28FN7O5S/c1-16-2-3-19(14-23(16)40(28,36)37)32-26-30-15-20(27)24(33-26)31-18-4-5-21-17(12-18)13-22(39-21)25(35)29-6-7-34-8-10-38-11-9-34/h2-5,12-15H,6-11H2,1H3,(H,29,35)(H2,28,36,37)(H2,30,31,32,33). The molecule has 0 atom stereocenters. The summed E-state index contributed by atoms with van der Waals surface area (Å²) in [6, 6.07) is 11.2. The van der Waals surface area contributed by atoms with Crippen molar-refractivity contribution in [3.8, 4) is 0 Å². The van der Waals surface area contributed by atoms with Gasteiger partial charge in [0.25, 0.3) is 5.91 Å². The minimum Gasteiger partial charge on any atom is -0.451 e. The zero-order valence-electron chi connectivity index (χ0n) is 21.6. The van der Waals surface area contributed by atoms with Crippen molar-refractivity contribution >= 4 is 50.0 Å². The summed E-state index contributed by atoms with van der Waals surface area (Å²) in [5, 5.41) is 14.6. The first-order chi connectivity index (χ1) is 19.2. The lowest BCUT2D eigenvalue weighted by Crippen LogP contribution is -2.41. The first kappa shape index (κ1) is 27.5. The largest absolute Gasteiger partial charge is 0.451 e. The number of aryl methyl sites for hydroxylation is 1. The van der Waals surface area contributed by atoms with Crippen molar-refractivity contribution in [1.29, 1.82) is 0 Å². The highest BCUT2D eigenvalue weighted by atomic mass is 32.2. The number of anilines is 4. The third-order valence-electron chi connectivity index (χ3n) is 6.32. The summed E-state index contributed by atoms with van der Waals surface area (Å²) in [6.07, 6.45) is 0.988. The highest BCUT2D eigenvalue weighted by molar-refractivity contribution is 7.89. The van der Waals surface area contributed by atoms with Crippen LogP contribution in [0.3, 0.4) is 0 Å². The van der Waals surface area contributed by atoms with Crippen LogP contribution in [0.5, 0.6) is 0 Å². The van der Waals surface area contributed by atoms with Gasteiger partial charge in [-0.1, -0.05) is 6.07 Å². The van der Waals surface area contributed by atoms with Crippen molar-refractivity contribution in [2.75, 3.05) is 50.0 Å². The summed E-state index contributed by atoms with van der Waals surface area (Å²) in [7, 11) is -3.93. The van der Waals surface area contributed by atoms with E-state index in [1.54, 1.807) is 43.3 Å². The number of fused-ring (bicyclic) bond motifs is 1. The number of nitrogens with one attached hydrogen (secondary N) is 3. The van der Waals surface area contributed by atoms with Crippen LogP contribution in [0.2, 0.25) is 0 Å². The number of morpholine rings is 1. The van der Waals surface area contributed by atoms with Gasteiger partial charge < -0.3 is 25.1 Å². The normalized spacial score (nSPS) is 14.3. The van der Waals surface area contributed by atoms with Gasteiger partial charge in [0.05, 0.1) is 24.3 Å². The van der Waals surface area contributed by atoms with Crippen molar-refractivity contribution in [2.24, 2.45) is 5.14 Å². The Hall–Kier alpha value is -4.11. The van der Waals surface area contributed by atoms with E-state index >= 15 is 0 Å². The maximum atomic E-state index is 14.6. The van der Waals surface area contributed by atoms with Gasteiger partial charge in [-0.3, -0.25) is 9.69 Å². The molecule has 5 N–H and O–H groups in total. The molecule has 3 heterocycles. The van der Waals surface area contributed by atoms with E-state index in [2.05, 4.69) is 30.8 Å². The second-order valence-corrected chi connectivity index (χ2v) is 10.8. The molecule has 14 heteroatoms. The Morgan fingerprint density at radius 2 is 1.85 bits per heavy atom. The number of hydrogen-bond donors (Lipinski definition) is 4. The molecular formula is C26H28FN7O5S. The maximum Gasteiger partial charge on any atom is 0.287 e. The first-order valence-electron chi connectivity index (χ1n) is 12.5. The van der Waals surface area contributed by atoms with Crippen LogP contribution in [-0.2, 0) is 14.8 Å². The molecule has 0 spiro atoms. The summed E-state index contributed by atoms with van der Waals surface area (Å²) < 4.78 is 49.2. The Kier molecular flexibility index (Phi) is 7.93. The van der Waals surface area contributed by atoms with Crippen LogP contribution in [0.4, 0.5) is 27.5 Å². The zero-order valence-corrected chi connectivity index (χ0v) is 22.4. The summed E-state index contributed by atoms with van der Waals surface area (Å²) in [5.74, 6) is -0.926. The predicted octanol–water partition coefficient (Wildman–Crippen LogP) is 2.87. The van der Waals surface area contributed by atoms with Crippen LogP contribution in [0.15, 0.2) is 58.0 Å². The maximum absolute atomic E-state index is 14.6. The van der Waals surface area contributed by atoms with Crippen LogP contribution in [0.25, 0.3) is 11.0 Å². The molecule has 12 nitrogen and oxygen atoms in total. The van der Waals surface area contributed by atoms with Crippen LogP contribution >= 0.6 is 0 Å². The summed E-state index contributed by atoms with van der Waals surface area (Å²) in [5.41, 5.74) is 1.85. The number of carbonyl (C=O) groups excluding carboxylic acids is 1. The average Bonchev–Trinajstić information content (AvgIpc) is 3.35. The molecule has 0 saturated carbocycles. The molecule has 0 unspecified atom stereocenters. The van der Waals surface area contributed by atoms with Gasteiger partial charge in [-0.15, -0.1) is 0 Å². The Morgan fingerprint density at radius 1 is 1.10 bits per heavy atom. The smallest absolute Gasteiger partial charge is 0.287 e. The van der Waals surface area contributed by atoms with Gasteiger partial charge >= 0.3 is 0 Å². The number of furan rings is 1. The van der Waals surface area contributed by atoms with Gasteiger partial charge in [0.2, 0.25) is 16.0 Å². The lowest BCUT2D eigenvalue weighted by atomic mass is 10.2. The monoisotopic (exact) mass is 569 g/mol. The van der Waals surface area contributed by atoms with Crippen LogP contribution < -0.4 is 21.1 Å². The molecule has 40 heavy (non-hydrogen) atoms. The van der Waals surface area contributed by atoms with E-state index in [1.807, 2.05) is 0 Å². The quantitative estimate of drug-likeness (QED) is 0.236. The Bertz CT molecular complexity index is 1650. The van der Waals surface area contributed by atoms with Crippen molar-refractivity contribution in [1.82, 2.24) is 20.2 Å². The fourth-order valence-corrected chi connectivity index (χ4v) is 5.05. The first-order valence-corrected chi connectivity index (χ1v) is 14.0. The molecule has 2 aromatic heterocycles. The van der Waals surface area contributed by atoms with Gasteiger partial charge in [-0.25, -0.2) is 22.9 Å². The van der Waals surface area contributed by atoms with E-state index in [1.165, 1.54) is 6.07 Å². The minimum absolute atomic E-state index is 0.0357. The van der Waals surface area contributed by atoms with E-state index < -0.39 is 15.8 Å². The average molecular weight is 570 g/mol. The second kappa shape index (κ2) is 11.6. The van der Waals surface area contributed by atoms with E-state index in [-0.39, 0.29) is 28.3 Å². The zero-order chi connectivity index (χ0) is 28.3. The third kappa shape index (κ3) is 6.54. The van der Waals surface area contributed by atoms with E-state index in [0.717, 1.165) is 25.8 Å². The lowest BCUT2D eigenvalue weighted by molar-refractivity contribution is 0.0382. The van der Waals surface area contributed by atoms with Crippen LogP contribution in [-0.4, -0.2) is 68.6 Å². The molecule has 1 aliphatic rings. The van der Waals surface area contributed by atoms with Gasteiger partial charge in [-0.2, -0.15) is 4.98 Å². The van der Waals surface area contributed by atoms with Crippen molar-refractivity contribution in [2.45, 2.75) is 11.8 Å². The summed E-state index contributed by atoms with van der Waals surface area (Å²) in [4.78, 5) is 22.9. The summed E-state index contributed by atoms with van der Waals surface area (Å²) in [6.45, 7) is 5.90. The highest BCUT2D eigenvalue weighted by Crippen LogP contribution is 2.27. The number of ether oxygens (including phenoxy) is 1. The number of hydrogen-bond acceptors (Lipinski definition) is 10. The fourth-order valence-electron chi connectivity index (χ4n) is 4.24. The highest BCUT2D eigenvalue weighted by Gasteiger charge is 2.16. The van der Waals surface area contributed by atoms with Crippen LogP contribution in [0, 0.1) is 12.7 Å². The van der Waals surface area contributed by atoms with E-state index in [0.29, 0.717) is 47.7 Å². The third-order valence-corrected chi connectivity index (χ3v) is 7.37. The number of sulfonamides is 1. The molecule has 1 amide bonds. The van der Waals surface area contributed by atoms with Gasteiger partial charge in [0, 0.05) is 42.9 Å². The van der Waals surface area contributed by atoms with Gasteiger partial charge in [0.1, 0.15) is 5.58 Å². The molecule has 0 aliphatic carbocycles. The lowest BCUT2D eigenvalue weighted by Gasteiger charge is -2.26. The molecule has 0 radical (unpaired) electrons. The van der Waals surface area contributed by atoms with E-state index in [9.17, 15) is 17.6 Å². The molecule has 5 rings (SSSR count). The molecule has 4 aromatic rings. The Morgan fingerprint density at radius 3 is 2.62 bits per heavy atom. The Labute approximate surface area is 229 Å². The number of carbonyl (C=O) groups is 1. The molecule has 210 valence electrons. The molecule has 1 aliphatic heterocycles. The number of primary sulfonamides is 1. The van der Waals surface area contributed by atoms with Gasteiger partial charge in [0.15, 0.2) is 17.4 Å². The van der Waals surface area contributed by atoms with Crippen molar-refractivity contribution in [3.63, 3.8) is 0 Å². The molecule has 1 saturated heterocycles. The summed E-state index contributed by atoms with van der Waals surface area (Å²) >= 11 is 0. The van der Waals surface area contributed by atoms with Gasteiger partial charge in [-0.05, 0) is 48.9 Å². The number of benzene rings is 2. The topological polar surface area (TPSA) is 165 Å². The molecular weight excluding hydrogens is 541 g/mol. The van der Waals surface area contributed by atoms with E-state index in [4.69, 9.17) is 14.3 Å². The fraction of sp³-hybridized carbons (Fsp3) is 0.269. The van der Waals surface area contributed by atoms with Crippen molar-refractivity contribution in [3.05, 3.63) is 65.8 Å².